The van der Waals surface area contributed by atoms with Crippen molar-refractivity contribution in [2.24, 2.45) is 0 Å². The van der Waals surface area contributed by atoms with Gasteiger partial charge >= 0.3 is 0 Å². The Morgan fingerprint density at radius 2 is 2.05 bits per heavy atom. The van der Waals surface area contributed by atoms with Crippen molar-refractivity contribution in [1.29, 1.82) is 0 Å². The number of halogens is 1. The van der Waals surface area contributed by atoms with Gasteiger partial charge in [-0.2, -0.15) is 0 Å². The second-order valence-corrected chi connectivity index (χ2v) is 5.99. The number of nitrogens with zero attached hydrogens (tertiary/aromatic N) is 2. The first-order chi connectivity index (χ1) is 9.00. The topological polar surface area (TPSA) is 63.5 Å². The Bertz CT molecular complexity index is 511. The molecule has 0 radical (unpaired) electrons. The van der Waals surface area contributed by atoms with Crippen LogP contribution >= 0.6 is 15.9 Å². The van der Waals surface area contributed by atoms with Crippen molar-refractivity contribution in [3.8, 4) is 0 Å². The molecule has 0 atom stereocenters. The van der Waals surface area contributed by atoms with E-state index in [9.17, 15) is 14.9 Å². The maximum atomic E-state index is 12.5. The van der Waals surface area contributed by atoms with E-state index >= 15 is 0 Å². The number of rotatable bonds is 2. The highest BCUT2D eigenvalue weighted by Crippen LogP contribution is 2.26. The van der Waals surface area contributed by atoms with Crippen LogP contribution in [0.15, 0.2) is 18.2 Å². The molecule has 0 aliphatic carbocycles. The SMILES string of the molecule is Cc1cccc([N+](=O)[O-])c1C(=O)N1CCC(Br)CC1. The second kappa shape index (κ2) is 5.69. The average Bonchev–Trinajstić information content (AvgIpc) is 2.38. The molecule has 0 bridgehead atoms. The Balaban J connectivity index is 2.31. The third-order valence-corrected chi connectivity index (χ3v) is 4.29. The molecular formula is C13H15BrN2O3. The molecule has 6 heteroatoms. The van der Waals surface area contributed by atoms with E-state index in [0.717, 1.165) is 12.8 Å². The van der Waals surface area contributed by atoms with Crippen LogP contribution in [0.3, 0.4) is 0 Å². The first-order valence-electron chi connectivity index (χ1n) is 6.18. The zero-order valence-corrected chi connectivity index (χ0v) is 12.2. The summed E-state index contributed by atoms with van der Waals surface area (Å²) in [6.45, 7) is 3.01. The molecule has 1 aliphatic heterocycles. The number of aryl methyl sites for hydroxylation is 1. The molecule has 0 saturated carbocycles. The van der Waals surface area contributed by atoms with Gasteiger partial charge in [-0.3, -0.25) is 14.9 Å². The number of benzene rings is 1. The van der Waals surface area contributed by atoms with E-state index in [0.29, 0.717) is 23.5 Å². The van der Waals surface area contributed by atoms with E-state index in [2.05, 4.69) is 15.9 Å². The van der Waals surface area contributed by atoms with Gasteiger partial charge in [-0.25, -0.2) is 0 Å². The van der Waals surface area contributed by atoms with Crippen LogP contribution in [0.5, 0.6) is 0 Å². The van der Waals surface area contributed by atoms with E-state index in [1.54, 1.807) is 24.0 Å². The lowest BCUT2D eigenvalue weighted by atomic mass is 10.0. The van der Waals surface area contributed by atoms with E-state index in [1.807, 2.05) is 0 Å². The van der Waals surface area contributed by atoms with Crippen LogP contribution in [-0.4, -0.2) is 33.6 Å². The molecule has 0 N–H and O–H groups in total. The van der Waals surface area contributed by atoms with Gasteiger partial charge in [-0.05, 0) is 25.3 Å². The summed E-state index contributed by atoms with van der Waals surface area (Å²) >= 11 is 3.53. The molecule has 1 fully saturated rings. The third-order valence-electron chi connectivity index (χ3n) is 3.37. The molecule has 0 spiro atoms. The molecule has 1 aromatic carbocycles. The maximum absolute atomic E-state index is 12.5. The highest BCUT2D eigenvalue weighted by Gasteiger charge is 2.28. The quantitative estimate of drug-likeness (QED) is 0.477. The van der Waals surface area contributed by atoms with Crippen molar-refractivity contribution in [3.05, 3.63) is 39.4 Å². The Morgan fingerprint density at radius 1 is 1.42 bits per heavy atom. The molecule has 102 valence electrons. The summed E-state index contributed by atoms with van der Waals surface area (Å²) in [6, 6.07) is 4.73. The van der Waals surface area contributed by atoms with Crippen molar-refractivity contribution in [3.63, 3.8) is 0 Å². The van der Waals surface area contributed by atoms with Crippen LogP contribution < -0.4 is 0 Å². The van der Waals surface area contributed by atoms with Crippen molar-refractivity contribution >= 4 is 27.5 Å². The molecule has 1 aliphatic rings. The number of amides is 1. The molecule has 0 unspecified atom stereocenters. The average molecular weight is 327 g/mol. The minimum atomic E-state index is -0.489. The number of carbonyl (C=O) groups is 1. The Morgan fingerprint density at radius 3 is 2.63 bits per heavy atom. The smallest absolute Gasteiger partial charge is 0.282 e. The summed E-state index contributed by atoms with van der Waals surface area (Å²) in [5.41, 5.74) is 0.770. The van der Waals surface area contributed by atoms with Gasteiger partial charge in [-0.15, -0.1) is 0 Å². The molecule has 1 saturated heterocycles. The molecule has 0 aromatic heterocycles. The summed E-state index contributed by atoms with van der Waals surface area (Å²) in [5, 5.41) is 11.0. The van der Waals surface area contributed by atoms with Gasteiger partial charge in [-0.1, -0.05) is 28.1 Å². The van der Waals surface area contributed by atoms with Gasteiger partial charge in [0.25, 0.3) is 11.6 Å². The van der Waals surface area contributed by atoms with E-state index in [1.165, 1.54) is 6.07 Å². The minimum absolute atomic E-state index is 0.106. The predicted octanol–water partition coefficient (Wildman–Crippen LogP) is 2.90. The first-order valence-corrected chi connectivity index (χ1v) is 7.09. The highest BCUT2D eigenvalue weighted by atomic mass is 79.9. The zero-order valence-electron chi connectivity index (χ0n) is 10.6. The van der Waals surface area contributed by atoms with Crippen molar-refractivity contribution in [2.75, 3.05) is 13.1 Å². The standard InChI is InChI=1S/C13H15BrN2O3/c1-9-3-2-4-11(16(18)19)12(9)13(17)15-7-5-10(14)6-8-15/h2-4,10H,5-8H2,1H3. The van der Waals surface area contributed by atoms with Gasteiger partial charge in [0.2, 0.25) is 0 Å². The molecular weight excluding hydrogens is 312 g/mol. The van der Waals surface area contributed by atoms with Crippen LogP contribution in [0, 0.1) is 17.0 Å². The minimum Gasteiger partial charge on any atom is -0.338 e. The monoisotopic (exact) mass is 326 g/mol. The Kier molecular flexibility index (Phi) is 4.19. The number of likely N-dealkylation sites (tertiary alicyclic amines) is 1. The van der Waals surface area contributed by atoms with Crippen LogP contribution in [0.25, 0.3) is 0 Å². The number of hydrogen-bond donors (Lipinski definition) is 0. The van der Waals surface area contributed by atoms with Gasteiger partial charge in [0, 0.05) is 24.0 Å². The Hall–Kier alpha value is -1.43. The predicted molar refractivity (Wildman–Crippen MR) is 75.7 cm³/mol. The van der Waals surface area contributed by atoms with Crippen molar-refractivity contribution in [1.82, 2.24) is 4.90 Å². The second-order valence-electron chi connectivity index (χ2n) is 4.69. The molecule has 5 nitrogen and oxygen atoms in total. The van der Waals surface area contributed by atoms with Gasteiger partial charge in [0.05, 0.1) is 4.92 Å². The summed E-state index contributed by atoms with van der Waals surface area (Å²) in [5.74, 6) is -0.232. The van der Waals surface area contributed by atoms with E-state index in [-0.39, 0.29) is 17.2 Å². The molecule has 1 heterocycles. The lowest BCUT2D eigenvalue weighted by Gasteiger charge is -2.29. The van der Waals surface area contributed by atoms with Crippen LogP contribution in [0.4, 0.5) is 5.69 Å². The van der Waals surface area contributed by atoms with Gasteiger partial charge < -0.3 is 4.90 Å². The van der Waals surface area contributed by atoms with Crippen molar-refractivity contribution in [2.45, 2.75) is 24.6 Å². The molecule has 1 amide bonds. The first kappa shape index (κ1) is 14.0. The Labute approximate surface area is 119 Å². The van der Waals surface area contributed by atoms with Gasteiger partial charge in [0.15, 0.2) is 0 Å². The molecule has 19 heavy (non-hydrogen) atoms. The third kappa shape index (κ3) is 2.94. The number of nitro benzene ring substituents is 1. The highest BCUT2D eigenvalue weighted by molar-refractivity contribution is 9.09. The zero-order chi connectivity index (χ0) is 14.0. The number of alkyl halides is 1. The number of piperidine rings is 1. The van der Waals surface area contributed by atoms with Crippen LogP contribution in [0.2, 0.25) is 0 Å². The number of carbonyl (C=O) groups excluding carboxylic acids is 1. The fourth-order valence-electron chi connectivity index (χ4n) is 2.29. The fourth-order valence-corrected chi connectivity index (χ4v) is 2.70. The fraction of sp³-hybridized carbons (Fsp3) is 0.462. The van der Waals surface area contributed by atoms with E-state index < -0.39 is 4.92 Å². The summed E-state index contributed by atoms with van der Waals surface area (Å²) in [4.78, 5) is 25.1. The summed E-state index contributed by atoms with van der Waals surface area (Å²) in [7, 11) is 0. The van der Waals surface area contributed by atoms with Gasteiger partial charge in [0.1, 0.15) is 5.56 Å². The lowest BCUT2D eigenvalue weighted by Crippen LogP contribution is -2.39. The normalized spacial score (nSPS) is 16.4. The van der Waals surface area contributed by atoms with Crippen molar-refractivity contribution < 1.29 is 9.72 Å². The molecule has 1 aromatic rings. The van der Waals surface area contributed by atoms with E-state index in [4.69, 9.17) is 0 Å². The lowest BCUT2D eigenvalue weighted by molar-refractivity contribution is -0.385. The molecule has 2 rings (SSSR count). The summed E-state index contributed by atoms with van der Waals surface area (Å²) < 4.78 is 0. The largest absolute Gasteiger partial charge is 0.338 e. The summed E-state index contributed by atoms with van der Waals surface area (Å²) in [6.07, 6.45) is 1.76. The number of hydrogen-bond acceptors (Lipinski definition) is 3. The maximum Gasteiger partial charge on any atom is 0.282 e. The van der Waals surface area contributed by atoms with Crippen LogP contribution in [-0.2, 0) is 0 Å². The number of nitro groups is 1. The van der Waals surface area contributed by atoms with Crippen LogP contribution in [0.1, 0.15) is 28.8 Å².